The molecule has 19 heavy (non-hydrogen) atoms. The molecule has 0 saturated heterocycles. The highest BCUT2D eigenvalue weighted by atomic mass is 15.1. The second-order valence-corrected chi connectivity index (χ2v) is 5.67. The van der Waals surface area contributed by atoms with Crippen molar-refractivity contribution < 1.29 is 0 Å². The Morgan fingerprint density at radius 1 is 1.11 bits per heavy atom. The minimum Gasteiger partial charge on any atom is -0.313 e. The van der Waals surface area contributed by atoms with Gasteiger partial charge in [-0.25, -0.2) is 0 Å². The summed E-state index contributed by atoms with van der Waals surface area (Å²) >= 11 is 0. The van der Waals surface area contributed by atoms with Crippen molar-refractivity contribution in [2.24, 2.45) is 0 Å². The van der Waals surface area contributed by atoms with Gasteiger partial charge in [-0.05, 0) is 52.8 Å². The predicted octanol–water partition coefficient (Wildman–Crippen LogP) is 3.77. The standard InChI is InChI=1S/C17H30N2/c1-6-12-19(14(2)3)13-11-17(18-5)16-9-7-15(4)8-10-16/h7-10,14,17-18H,6,11-13H2,1-5H3. The summed E-state index contributed by atoms with van der Waals surface area (Å²) in [5.41, 5.74) is 2.72. The molecule has 1 unspecified atom stereocenters. The van der Waals surface area contributed by atoms with Gasteiger partial charge in [0.15, 0.2) is 0 Å². The van der Waals surface area contributed by atoms with Crippen LogP contribution in [0.5, 0.6) is 0 Å². The predicted molar refractivity (Wildman–Crippen MR) is 84.6 cm³/mol. The van der Waals surface area contributed by atoms with Crippen LogP contribution in [0.25, 0.3) is 0 Å². The van der Waals surface area contributed by atoms with Crippen molar-refractivity contribution in [2.45, 2.75) is 52.6 Å². The lowest BCUT2D eigenvalue weighted by atomic mass is 10.0. The first-order chi connectivity index (χ1) is 9.08. The Morgan fingerprint density at radius 2 is 1.74 bits per heavy atom. The molecule has 0 fully saturated rings. The van der Waals surface area contributed by atoms with E-state index in [0.29, 0.717) is 12.1 Å². The molecule has 0 radical (unpaired) electrons. The lowest BCUT2D eigenvalue weighted by Gasteiger charge is -2.28. The minimum atomic E-state index is 0.457. The van der Waals surface area contributed by atoms with Crippen molar-refractivity contribution in [1.82, 2.24) is 10.2 Å². The molecule has 0 spiro atoms. The van der Waals surface area contributed by atoms with Crippen molar-refractivity contribution in [2.75, 3.05) is 20.1 Å². The SMILES string of the molecule is CCCN(CCC(NC)c1ccc(C)cc1)C(C)C. The molecule has 0 aromatic heterocycles. The van der Waals surface area contributed by atoms with E-state index >= 15 is 0 Å². The van der Waals surface area contributed by atoms with E-state index in [1.807, 2.05) is 0 Å². The third-order valence-corrected chi connectivity index (χ3v) is 3.77. The van der Waals surface area contributed by atoms with Gasteiger partial charge in [-0.1, -0.05) is 36.8 Å². The van der Waals surface area contributed by atoms with Crippen molar-refractivity contribution in [3.63, 3.8) is 0 Å². The summed E-state index contributed by atoms with van der Waals surface area (Å²) in [6.07, 6.45) is 2.39. The van der Waals surface area contributed by atoms with Gasteiger partial charge in [-0.15, -0.1) is 0 Å². The second kappa shape index (κ2) is 8.34. The largest absolute Gasteiger partial charge is 0.313 e. The first kappa shape index (κ1) is 16.2. The Labute approximate surface area is 119 Å². The molecule has 0 saturated carbocycles. The second-order valence-electron chi connectivity index (χ2n) is 5.67. The number of hydrogen-bond acceptors (Lipinski definition) is 2. The Balaban J connectivity index is 2.59. The number of nitrogens with zero attached hydrogens (tertiary/aromatic N) is 1. The summed E-state index contributed by atoms with van der Waals surface area (Å²) in [5, 5.41) is 3.45. The smallest absolute Gasteiger partial charge is 0.0329 e. The number of benzene rings is 1. The van der Waals surface area contributed by atoms with E-state index in [0.717, 1.165) is 13.0 Å². The van der Waals surface area contributed by atoms with Gasteiger partial charge < -0.3 is 10.2 Å². The Bertz CT molecular complexity index is 343. The zero-order chi connectivity index (χ0) is 14.3. The molecule has 0 aliphatic rings. The average molecular weight is 262 g/mol. The molecule has 1 aromatic rings. The van der Waals surface area contributed by atoms with Gasteiger partial charge in [0, 0.05) is 18.6 Å². The molecule has 1 atom stereocenters. The molecule has 2 nitrogen and oxygen atoms in total. The maximum Gasteiger partial charge on any atom is 0.0329 e. The Hall–Kier alpha value is -0.860. The highest BCUT2D eigenvalue weighted by Crippen LogP contribution is 2.18. The van der Waals surface area contributed by atoms with Gasteiger partial charge in [0.05, 0.1) is 0 Å². The number of aryl methyl sites for hydroxylation is 1. The van der Waals surface area contributed by atoms with E-state index in [9.17, 15) is 0 Å². The minimum absolute atomic E-state index is 0.457. The quantitative estimate of drug-likeness (QED) is 0.767. The first-order valence-electron chi connectivity index (χ1n) is 7.56. The molecule has 108 valence electrons. The molecule has 0 heterocycles. The van der Waals surface area contributed by atoms with Crippen LogP contribution < -0.4 is 5.32 Å². The average Bonchev–Trinajstić information content (AvgIpc) is 2.39. The molecule has 0 aliphatic carbocycles. The lowest BCUT2D eigenvalue weighted by Crippen LogP contribution is -2.34. The van der Waals surface area contributed by atoms with Crippen molar-refractivity contribution in [3.8, 4) is 0 Å². The summed E-state index contributed by atoms with van der Waals surface area (Å²) in [6, 6.07) is 9.98. The Morgan fingerprint density at radius 3 is 2.21 bits per heavy atom. The van der Waals surface area contributed by atoms with Gasteiger partial charge in [0.2, 0.25) is 0 Å². The zero-order valence-corrected chi connectivity index (χ0v) is 13.2. The van der Waals surface area contributed by atoms with Crippen LogP contribution in [0, 0.1) is 6.92 Å². The lowest BCUT2D eigenvalue weighted by molar-refractivity contribution is 0.211. The fraction of sp³-hybridized carbons (Fsp3) is 0.647. The molecular weight excluding hydrogens is 232 g/mol. The summed E-state index contributed by atoms with van der Waals surface area (Å²) in [7, 11) is 2.06. The van der Waals surface area contributed by atoms with Crippen LogP contribution in [0.4, 0.5) is 0 Å². The van der Waals surface area contributed by atoms with E-state index in [1.54, 1.807) is 0 Å². The third kappa shape index (κ3) is 5.33. The van der Waals surface area contributed by atoms with E-state index in [-0.39, 0.29) is 0 Å². The first-order valence-corrected chi connectivity index (χ1v) is 7.56. The topological polar surface area (TPSA) is 15.3 Å². The number of rotatable bonds is 8. The Kier molecular flexibility index (Phi) is 7.11. The fourth-order valence-electron chi connectivity index (χ4n) is 2.49. The highest BCUT2D eigenvalue weighted by Gasteiger charge is 2.13. The molecule has 1 rings (SSSR count). The third-order valence-electron chi connectivity index (χ3n) is 3.77. The normalized spacial score (nSPS) is 13.2. The van der Waals surface area contributed by atoms with Gasteiger partial charge in [-0.2, -0.15) is 0 Å². The van der Waals surface area contributed by atoms with Crippen LogP contribution in [0.1, 0.15) is 50.8 Å². The molecule has 0 aliphatic heterocycles. The van der Waals surface area contributed by atoms with Crippen LogP contribution in [0.15, 0.2) is 24.3 Å². The summed E-state index contributed by atoms with van der Waals surface area (Å²) in [5.74, 6) is 0. The van der Waals surface area contributed by atoms with Crippen LogP contribution in [0.2, 0.25) is 0 Å². The van der Waals surface area contributed by atoms with Crippen LogP contribution >= 0.6 is 0 Å². The molecular formula is C17H30N2. The fourth-order valence-corrected chi connectivity index (χ4v) is 2.49. The van der Waals surface area contributed by atoms with E-state index < -0.39 is 0 Å². The van der Waals surface area contributed by atoms with E-state index in [4.69, 9.17) is 0 Å². The maximum atomic E-state index is 3.45. The molecule has 2 heteroatoms. The van der Waals surface area contributed by atoms with Gasteiger partial charge in [0.25, 0.3) is 0 Å². The van der Waals surface area contributed by atoms with Crippen molar-refractivity contribution in [1.29, 1.82) is 0 Å². The van der Waals surface area contributed by atoms with Gasteiger partial charge in [0.1, 0.15) is 0 Å². The summed E-state index contributed by atoms with van der Waals surface area (Å²) in [6.45, 7) is 11.3. The maximum absolute atomic E-state index is 3.45. The molecule has 0 bridgehead atoms. The summed E-state index contributed by atoms with van der Waals surface area (Å²) < 4.78 is 0. The monoisotopic (exact) mass is 262 g/mol. The van der Waals surface area contributed by atoms with Crippen LogP contribution in [-0.2, 0) is 0 Å². The van der Waals surface area contributed by atoms with Crippen molar-refractivity contribution >= 4 is 0 Å². The molecule has 1 aromatic carbocycles. The number of nitrogens with one attached hydrogen (secondary N) is 1. The van der Waals surface area contributed by atoms with Crippen LogP contribution in [0.3, 0.4) is 0 Å². The van der Waals surface area contributed by atoms with Gasteiger partial charge in [-0.3, -0.25) is 0 Å². The zero-order valence-electron chi connectivity index (χ0n) is 13.2. The van der Waals surface area contributed by atoms with E-state index in [1.165, 1.54) is 24.1 Å². The molecule has 0 amide bonds. The van der Waals surface area contributed by atoms with Gasteiger partial charge >= 0.3 is 0 Å². The highest BCUT2D eigenvalue weighted by molar-refractivity contribution is 5.24. The molecule has 1 N–H and O–H groups in total. The van der Waals surface area contributed by atoms with Crippen molar-refractivity contribution in [3.05, 3.63) is 35.4 Å². The summed E-state index contributed by atoms with van der Waals surface area (Å²) in [4.78, 5) is 2.57. The van der Waals surface area contributed by atoms with E-state index in [2.05, 4.69) is 69.2 Å². The van der Waals surface area contributed by atoms with Crippen LogP contribution in [-0.4, -0.2) is 31.1 Å². The number of hydrogen-bond donors (Lipinski definition) is 1.